The van der Waals surface area contributed by atoms with Crippen molar-refractivity contribution in [3.8, 4) is 11.1 Å². The number of rotatable bonds is 2. The smallest absolute Gasteiger partial charge is 0.335 e. The number of halogens is 3. The summed E-state index contributed by atoms with van der Waals surface area (Å²) in [6, 6.07) is 5.98. The van der Waals surface area contributed by atoms with Crippen LogP contribution in [0, 0.1) is 18.6 Å². The molecule has 0 unspecified atom stereocenters. The molecular weight excluding hydrogens is 274 g/mol. The standard InChI is InChI=1S/C14H9ClF2O2/c1-7-2-13(17)11(6-12(7)16)8-3-9(14(18)19)5-10(15)4-8/h2-6H,1H3,(H,18,19). The van der Waals surface area contributed by atoms with Crippen molar-refractivity contribution in [2.24, 2.45) is 0 Å². The predicted octanol–water partition coefficient (Wildman–Crippen LogP) is 4.29. The lowest BCUT2D eigenvalue weighted by molar-refractivity contribution is 0.0697. The quantitative estimate of drug-likeness (QED) is 0.892. The molecule has 0 saturated carbocycles. The van der Waals surface area contributed by atoms with Crippen LogP contribution in [-0.4, -0.2) is 11.1 Å². The molecule has 19 heavy (non-hydrogen) atoms. The van der Waals surface area contributed by atoms with E-state index in [1.54, 1.807) is 0 Å². The van der Waals surface area contributed by atoms with Crippen molar-refractivity contribution in [1.29, 1.82) is 0 Å². The van der Waals surface area contributed by atoms with Gasteiger partial charge < -0.3 is 5.11 Å². The molecule has 1 N–H and O–H groups in total. The van der Waals surface area contributed by atoms with Crippen LogP contribution in [0.5, 0.6) is 0 Å². The third kappa shape index (κ3) is 2.74. The van der Waals surface area contributed by atoms with Crippen molar-refractivity contribution in [1.82, 2.24) is 0 Å². The lowest BCUT2D eigenvalue weighted by Crippen LogP contribution is -1.97. The monoisotopic (exact) mass is 282 g/mol. The Morgan fingerprint density at radius 3 is 2.42 bits per heavy atom. The van der Waals surface area contributed by atoms with E-state index in [0.29, 0.717) is 0 Å². The van der Waals surface area contributed by atoms with E-state index in [9.17, 15) is 13.6 Å². The molecule has 0 amide bonds. The number of aromatic carboxylic acids is 1. The first-order valence-electron chi connectivity index (χ1n) is 5.38. The lowest BCUT2D eigenvalue weighted by atomic mass is 10.0. The minimum Gasteiger partial charge on any atom is -0.478 e. The van der Waals surface area contributed by atoms with E-state index in [-0.39, 0.29) is 27.3 Å². The zero-order valence-corrected chi connectivity index (χ0v) is 10.6. The molecule has 0 aliphatic heterocycles. The van der Waals surface area contributed by atoms with Gasteiger partial charge in [-0.15, -0.1) is 0 Å². The first-order valence-corrected chi connectivity index (χ1v) is 5.76. The molecule has 0 atom stereocenters. The van der Waals surface area contributed by atoms with Gasteiger partial charge in [0.25, 0.3) is 0 Å². The van der Waals surface area contributed by atoms with Gasteiger partial charge in [0.15, 0.2) is 0 Å². The summed E-state index contributed by atoms with van der Waals surface area (Å²) < 4.78 is 27.3. The van der Waals surface area contributed by atoms with Crippen molar-refractivity contribution in [3.63, 3.8) is 0 Å². The van der Waals surface area contributed by atoms with E-state index in [1.165, 1.54) is 25.1 Å². The number of hydrogen-bond donors (Lipinski definition) is 1. The summed E-state index contributed by atoms with van der Waals surface area (Å²) in [4.78, 5) is 10.9. The maximum absolute atomic E-state index is 13.8. The molecule has 0 bridgehead atoms. The molecule has 98 valence electrons. The van der Waals surface area contributed by atoms with Gasteiger partial charge in [-0.25, -0.2) is 13.6 Å². The molecule has 2 aromatic carbocycles. The van der Waals surface area contributed by atoms with Crippen molar-refractivity contribution in [2.75, 3.05) is 0 Å². The molecule has 5 heteroatoms. The molecule has 0 fully saturated rings. The number of aryl methyl sites for hydroxylation is 1. The Morgan fingerprint density at radius 2 is 1.79 bits per heavy atom. The Kier molecular flexibility index (Phi) is 3.53. The minimum absolute atomic E-state index is 0.0203. The van der Waals surface area contributed by atoms with Gasteiger partial charge in [0.1, 0.15) is 11.6 Å². The summed E-state index contributed by atoms with van der Waals surface area (Å²) in [6.07, 6.45) is 0. The van der Waals surface area contributed by atoms with E-state index >= 15 is 0 Å². The number of carbonyl (C=O) groups is 1. The molecule has 2 aromatic rings. The van der Waals surface area contributed by atoms with Crippen molar-refractivity contribution in [3.05, 3.63) is 58.1 Å². The zero-order valence-electron chi connectivity index (χ0n) is 9.88. The second-order valence-electron chi connectivity index (χ2n) is 4.11. The second kappa shape index (κ2) is 4.97. The van der Waals surface area contributed by atoms with Gasteiger partial charge in [-0.3, -0.25) is 0 Å². The average molecular weight is 283 g/mol. The fourth-order valence-electron chi connectivity index (χ4n) is 1.74. The van der Waals surface area contributed by atoms with Gasteiger partial charge in [-0.05, 0) is 48.4 Å². The third-order valence-electron chi connectivity index (χ3n) is 2.70. The first kappa shape index (κ1) is 13.5. The maximum Gasteiger partial charge on any atom is 0.335 e. The first-order chi connectivity index (χ1) is 8.88. The Balaban J connectivity index is 2.65. The summed E-state index contributed by atoms with van der Waals surface area (Å²) in [7, 11) is 0. The van der Waals surface area contributed by atoms with Crippen LogP contribution in [-0.2, 0) is 0 Å². The normalized spacial score (nSPS) is 10.5. The largest absolute Gasteiger partial charge is 0.478 e. The highest BCUT2D eigenvalue weighted by molar-refractivity contribution is 6.31. The molecule has 0 spiro atoms. The van der Waals surface area contributed by atoms with Crippen LogP contribution < -0.4 is 0 Å². The van der Waals surface area contributed by atoms with Gasteiger partial charge in [0, 0.05) is 10.6 Å². The van der Waals surface area contributed by atoms with Gasteiger partial charge in [-0.2, -0.15) is 0 Å². The Bertz CT molecular complexity index is 669. The molecule has 2 nitrogen and oxygen atoms in total. The van der Waals surface area contributed by atoms with Gasteiger partial charge in [0.05, 0.1) is 5.56 Å². The minimum atomic E-state index is -1.18. The van der Waals surface area contributed by atoms with E-state index in [4.69, 9.17) is 16.7 Å². The number of carboxylic acids is 1. The highest BCUT2D eigenvalue weighted by atomic mass is 35.5. The number of carboxylic acid groups (broad SMARTS) is 1. The maximum atomic E-state index is 13.8. The van der Waals surface area contributed by atoms with Crippen molar-refractivity contribution < 1.29 is 18.7 Å². The molecule has 2 rings (SSSR count). The topological polar surface area (TPSA) is 37.3 Å². The molecule has 0 radical (unpaired) electrons. The molecule has 0 heterocycles. The van der Waals surface area contributed by atoms with Crippen LogP contribution in [0.25, 0.3) is 11.1 Å². The average Bonchev–Trinajstić information content (AvgIpc) is 2.33. The molecule has 0 aromatic heterocycles. The van der Waals surface area contributed by atoms with E-state index < -0.39 is 17.6 Å². The zero-order chi connectivity index (χ0) is 14.2. The van der Waals surface area contributed by atoms with Crippen LogP contribution in [0.15, 0.2) is 30.3 Å². The summed E-state index contributed by atoms with van der Waals surface area (Å²) in [5.74, 6) is -2.37. The number of benzene rings is 2. The summed E-state index contributed by atoms with van der Waals surface area (Å²) >= 11 is 5.79. The van der Waals surface area contributed by atoms with Gasteiger partial charge in [-0.1, -0.05) is 11.6 Å². The van der Waals surface area contributed by atoms with Crippen LogP contribution in [0.1, 0.15) is 15.9 Å². The summed E-state index contributed by atoms with van der Waals surface area (Å²) in [5, 5.41) is 9.07. The van der Waals surface area contributed by atoms with Crippen LogP contribution in [0.3, 0.4) is 0 Å². The lowest BCUT2D eigenvalue weighted by Gasteiger charge is -2.07. The fraction of sp³-hybridized carbons (Fsp3) is 0.0714. The highest BCUT2D eigenvalue weighted by Gasteiger charge is 2.13. The molecule has 0 aliphatic carbocycles. The van der Waals surface area contributed by atoms with E-state index in [1.807, 2.05) is 0 Å². The Labute approximate surface area is 113 Å². The van der Waals surface area contributed by atoms with Gasteiger partial charge in [0.2, 0.25) is 0 Å². The molecule has 0 saturated heterocycles. The Hall–Kier alpha value is -1.94. The summed E-state index contributed by atoms with van der Waals surface area (Å²) in [6.45, 7) is 1.45. The van der Waals surface area contributed by atoms with Crippen LogP contribution in [0.2, 0.25) is 5.02 Å². The molecule has 0 aliphatic rings. The van der Waals surface area contributed by atoms with E-state index in [2.05, 4.69) is 0 Å². The highest BCUT2D eigenvalue weighted by Crippen LogP contribution is 2.29. The van der Waals surface area contributed by atoms with Crippen LogP contribution in [0.4, 0.5) is 8.78 Å². The van der Waals surface area contributed by atoms with Crippen molar-refractivity contribution >= 4 is 17.6 Å². The number of hydrogen-bond acceptors (Lipinski definition) is 1. The van der Waals surface area contributed by atoms with Crippen LogP contribution >= 0.6 is 11.6 Å². The van der Waals surface area contributed by atoms with E-state index in [0.717, 1.165) is 12.1 Å². The third-order valence-corrected chi connectivity index (χ3v) is 2.92. The fourth-order valence-corrected chi connectivity index (χ4v) is 1.97. The SMILES string of the molecule is Cc1cc(F)c(-c2cc(Cl)cc(C(=O)O)c2)cc1F. The van der Waals surface area contributed by atoms with Gasteiger partial charge >= 0.3 is 5.97 Å². The second-order valence-corrected chi connectivity index (χ2v) is 4.55. The van der Waals surface area contributed by atoms with Crippen molar-refractivity contribution in [2.45, 2.75) is 6.92 Å². The Morgan fingerprint density at radius 1 is 1.11 bits per heavy atom. The predicted molar refractivity (Wildman–Crippen MR) is 68.5 cm³/mol. The summed E-state index contributed by atoms with van der Waals surface area (Å²) in [5.41, 5.74) is 0.305. The molecular formula is C14H9ClF2O2.